The van der Waals surface area contributed by atoms with Crippen molar-refractivity contribution in [2.75, 3.05) is 26.7 Å². The summed E-state index contributed by atoms with van der Waals surface area (Å²) in [4.78, 5) is 11.3. The summed E-state index contributed by atoms with van der Waals surface area (Å²) >= 11 is 0. The Labute approximate surface area is 197 Å². The van der Waals surface area contributed by atoms with E-state index < -0.39 is 0 Å². The van der Waals surface area contributed by atoms with Crippen molar-refractivity contribution in [2.24, 2.45) is 4.99 Å². The largest absolute Gasteiger partial charge is 0.356 e. The van der Waals surface area contributed by atoms with E-state index in [2.05, 4.69) is 74.8 Å². The Hall–Kier alpha value is -1.68. The Kier molecular flexibility index (Phi) is 10.6. The molecule has 2 N–H and O–H groups in total. The Bertz CT molecular complexity index is 764. The molecule has 0 radical (unpaired) electrons. The average Bonchev–Trinajstić information content (AvgIpc) is 3.38. The minimum absolute atomic E-state index is 0. The van der Waals surface area contributed by atoms with Crippen LogP contribution in [-0.2, 0) is 13.0 Å². The predicted octanol–water partition coefficient (Wildman–Crippen LogP) is 3.57. The summed E-state index contributed by atoms with van der Waals surface area (Å²) in [7, 11) is 1.82. The number of likely N-dealkylation sites (tertiary alicyclic amines) is 1. The molecule has 2 aromatic rings. The van der Waals surface area contributed by atoms with Gasteiger partial charge in [-0.3, -0.25) is 9.89 Å². The highest BCUT2D eigenvalue weighted by Gasteiger charge is 2.24. The van der Waals surface area contributed by atoms with Crippen molar-refractivity contribution in [2.45, 2.75) is 58.0 Å². The van der Waals surface area contributed by atoms with E-state index in [1.165, 1.54) is 18.4 Å². The fourth-order valence-corrected chi connectivity index (χ4v) is 3.64. The second-order valence-electron chi connectivity index (χ2n) is 7.94. The zero-order valence-electron chi connectivity index (χ0n) is 18.3. The fourth-order valence-electron chi connectivity index (χ4n) is 3.64. The van der Waals surface area contributed by atoms with Gasteiger partial charge in [0.15, 0.2) is 11.8 Å². The van der Waals surface area contributed by atoms with Crippen molar-refractivity contribution in [3.63, 3.8) is 0 Å². The molecule has 1 aliphatic rings. The highest BCUT2D eigenvalue weighted by atomic mass is 127. The first-order valence-corrected chi connectivity index (χ1v) is 10.7. The number of rotatable bonds is 9. The van der Waals surface area contributed by atoms with Crippen LogP contribution >= 0.6 is 24.0 Å². The molecule has 30 heavy (non-hydrogen) atoms. The molecular formula is C22H35IN6O. The van der Waals surface area contributed by atoms with Crippen LogP contribution in [0.25, 0.3) is 0 Å². The molecule has 0 bridgehead atoms. The van der Waals surface area contributed by atoms with Crippen LogP contribution in [0.1, 0.15) is 56.3 Å². The van der Waals surface area contributed by atoms with Crippen LogP contribution in [0.15, 0.2) is 39.8 Å². The predicted molar refractivity (Wildman–Crippen MR) is 131 cm³/mol. The van der Waals surface area contributed by atoms with E-state index in [1.54, 1.807) is 0 Å². The van der Waals surface area contributed by atoms with Crippen LogP contribution in [0.3, 0.4) is 0 Å². The number of aryl methyl sites for hydroxylation is 1. The molecule has 7 nitrogen and oxygen atoms in total. The first-order valence-electron chi connectivity index (χ1n) is 10.7. The van der Waals surface area contributed by atoms with Crippen molar-refractivity contribution in [3.8, 4) is 0 Å². The summed E-state index contributed by atoms with van der Waals surface area (Å²) in [5, 5.41) is 10.9. The van der Waals surface area contributed by atoms with Gasteiger partial charge in [0.25, 0.3) is 0 Å². The van der Waals surface area contributed by atoms with Gasteiger partial charge in [-0.25, -0.2) is 0 Å². The zero-order valence-corrected chi connectivity index (χ0v) is 20.6. The summed E-state index contributed by atoms with van der Waals surface area (Å²) in [6, 6.07) is 11.3. The molecule has 1 unspecified atom stereocenters. The number of guanidine groups is 1. The smallest absolute Gasteiger partial charge is 0.226 e. The lowest BCUT2D eigenvalue weighted by Crippen LogP contribution is -2.45. The van der Waals surface area contributed by atoms with Crippen molar-refractivity contribution in [3.05, 3.63) is 47.6 Å². The number of hydrogen-bond acceptors (Lipinski definition) is 5. The highest BCUT2D eigenvalue weighted by Crippen LogP contribution is 2.19. The van der Waals surface area contributed by atoms with Gasteiger partial charge in [-0.15, -0.1) is 24.0 Å². The third kappa shape index (κ3) is 7.54. The second kappa shape index (κ2) is 12.9. The Balaban J connectivity index is 0.00000320. The minimum Gasteiger partial charge on any atom is -0.356 e. The first-order chi connectivity index (χ1) is 14.2. The average molecular weight is 526 g/mol. The van der Waals surface area contributed by atoms with Gasteiger partial charge in [-0.1, -0.05) is 49.3 Å². The van der Waals surface area contributed by atoms with Gasteiger partial charge in [-0.2, -0.15) is 4.98 Å². The van der Waals surface area contributed by atoms with Crippen LogP contribution in [0, 0.1) is 0 Å². The molecular weight excluding hydrogens is 491 g/mol. The normalized spacial score (nSPS) is 17.2. The Morgan fingerprint density at radius 2 is 2.07 bits per heavy atom. The number of nitrogens with zero attached hydrogens (tertiary/aromatic N) is 4. The van der Waals surface area contributed by atoms with Crippen LogP contribution in [0.5, 0.6) is 0 Å². The van der Waals surface area contributed by atoms with E-state index in [4.69, 9.17) is 4.52 Å². The molecule has 1 saturated heterocycles. The Morgan fingerprint density at radius 3 is 2.77 bits per heavy atom. The molecule has 1 atom stereocenters. The molecule has 0 spiro atoms. The van der Waals surface area contributed by atoms with Crippen LogP contribution < -0.4 is 10.6 Å². The minimum atomic E-state index is 0. The number of aliphatic imine (C=N–C) groups is 1. The number of halogens is 1. The zero-order chi connectivity index (χ0) is 20.5. The summed E-state index contributed by atoms with van der Waals surface area (Å²) in [6.07, 6.45) is 4.18. The molecule has 3 rings (SSSR count). The lowest BCUT2D eigenvalue weighted by Gasteiger charge is -2.25. The maximum atomic E-state index is 5.29. The summed E-state index contributed by atoms with van der Waals surface area (Å²) in [5.74, 6) is 2.64. The molecule has 8 heteroatoms. The SMILES string of the molecule is CN=C(NCCCc1nc(C(C)C)no1)NCC1CCCN1Cc1ccccc1.I. The molecule has 2 heterocycles. The molecule has 1 fully saturated rings. The maximum Gasteiger partial charge on any atom is 0.226 e. The molecule has 1 aromatic carbocycles. The third-order valence-corrected chi connectivity index (χ3v) is 5.32. The van der Waals surface area contributed by atoms with Gasteiger partial charge >= 0.3 is 0 Å². The molecule has 0 aliphatic carbocycles. The molecule has 0 saturated carbocycles. The lowest BCUT2D eigenvalue weighted by molar-refractivity contribution is 0.245. The van der Waals surface area contributed by atoms with E-state index in [9.17, 15) is 0 Å². The van der Waals surface area contributed by atoms with Gasteiger partial charge in [0.05, 0.1) is 0 Å². The lowest BCUT2D eigenvalue weighted by atomic mass is 10.2. The van der Waals surface area contributed by atoms with Crippen LogP contribution in [-0.4, -0.2) is 53.7 Å². The Morgan fingerprint density at radius 1 is 1.27 bits per heavy atom. The van der Waals surface area contributed by atoms with Gasteiger partial charge in [0.2, 0.25) is 5.89 Å². The van der Waals surface area contributed by atoms with Crippen molar-refractivity contribution in [1.82, 2.24) is 25.7 Å². The topological polar surface area (TPSA) is 78.6 Å². The number of aromatic nitrogens is 2. The highest BCUT2D eigenvalue weighted by molar-refractivity contribution is 14.0. The number of benzene rings is 1. The molecule has 1 aromatic heterocycles. The second-order valence-corrected chi connectivity index (χ2v) is 7.94. The van der Waals surface area contributed by atoms with Gasteiger partial charge in [0.1, 0.15) is 0 Å². The summed E-state index contributed by atoms with van der Waals surface area (Å²) < 4.78 is 5.29. The monoisotopic (exact) mass is 526 g/mol. The van der Waals surface area contributed by atoms with Gasteiger partial charge in [-0.05, 0) is 31.4 Å². The van der Waals surface area contributed by atoms with Crippen molar-refractivity contribution < 1.29 is 4.52 Å². The quantitative estimate of drug-likeness (QED) is 0.225. The van der Waals surface area contributed by atoms with Crippen molar-refractivity contribution in [1.29, 1.82) is 0 Å². The maximum absolute atomic E-state index is 5.29. The summed E-state index contributed by atoms with van der Waals surface area (Å²) in [6.45, 7) is 8.04. The fraction of sp³-hybridized carbons (Fsp3) is 0.591. The third-order valence-electron chi connectivity index (χ3n) is 5.32. The van der Waals surface area contributed by atoms with E-state index in [-0.39, 0.29) is 24.0 Å². The van der Waals surface area contributed by atoms with E-state index in [1.807, 2.05) is 7.05 Å². The van der Waals surface area contributed by atoms with Crippen molar-refractivity contribution >= 4 is 29.9 Å². The standard InChI is InChI=1S/C22H34N6O.HI/c1-17(2)21-26-20(29-27-21)12-7-13-24-22(23-3)25-15-19-11-8-14-28(19)16-18-9-5-4-6-10-18;/h4-6,9-10,17,19H,7-8,11-16H2,1-3H3,(H2,23,24,25);1H. The van der Waals surface area contributed by atoms with Crippen LogP contribution in [0.2, 0.25) is 0 Å². The summed E-state index contributed by atoms with van der Waals surface area (Å²) in [5.41, 5.74) is 1.38. The van der Waals surface area contributed by atoms with Gasteiger partial charge in [0, 0.05) is 45.1 Å². The van der Waals surface area contributed by atoms with E-state index in [0.29, 0.717) is 17.9 Å². The van der Waals surface area contributed by atoms with Gasteiger partial charge < -0.3 is 15.2 Å². The number of nitrogens with one attached hydrogen (secondary N) is 2. The molecule has 0 amide bonds. The van der Waals surface area contributed by atoms with Crippen LogP contribution in [0.4, 0.5) is 0 Å². The molecule has 1 aliphatic heterocycles. The van der Waals surface area contributed by atoms with E-state index in [0.717, 1.165) is 50.8 Å². The molecule has 166 valence electrons. The first kappa shape index (κ1) is 24.6. The van der Waals surface area contributed by atoms with E-state index >= 15 is 0 Å². The number of hydrogen-bond donors (Lipinski definition) is 2.